The smallest absolute Gasteiger partial charge is 0.0702 e. The molecule has 2 nitrogen and oxygen atoms in total. The summed E-state index contributed by atoms with van der Waals surface area (Å²) < 4.78 is 0. The van der Waals surface area contributed by atoms with Crippen LogP contribution < -0.4 is 5.73 Å². The Bertz CT molecular complexity index is 476. The van der Waals surface area contributed by atoms with Gasteiger partial charge in [-0.05, 0) is 18.1 Å². The molecule has 1 fully saturated rings. The fourth-order valence-electron chi connectivity index (χ4n) is 2.00. The molecule has 1 aromatic heterocycles. The summed E-state index contributed by atoms with van der Waals surface area (Å²) in [5.41, 5.74) is 9.28. The van der Waals surface area contributed by atoms with E-state index in [2.05, 4.69) is 29.2 Å². The van der Waals surface area contributed by atoms with Gasteiger partial charge in [-0.3, -0.25) is 4.98 Å². The van der Waals surface area contributed by atoms with Crippen molar-refractivity contribution < 1.29 is 0 Å². The van der Waals surface area contributed by atoms with E-state index in [1.807, 2.05) is 24.4 Å². The van der Waals surface area contributed by atoms with E-state index < -0.39 is 0 Å². The maximum atomic E-state index is 5.82. The molecule has 2 aromatic rings. The highest BCUT2D eigenvalue weighted by atomic mass is 14.8. The molecule has 1 aliphatic rings. The van der Waals surface area contributed by atoms with Crippen LogP contribution in [-0.2, 0) is 0 Å². The summed E-state index contributed by atoms with van der Waals surface area (Å²) in [5.74, 6) is 0.539. The third kappa shape index (κ3) is 1.72. The second-order valence-corrected chi connectivity index (χ2v) is 4.35. The Kier molecular flexibility index (Phi) is 2.22. The first-order valence-electron chi connectivity index (χ1n) is 5.61. The molecule has 0 amide bonds. The van der Waals surface area contributed by atoms with Gasteiger partial charge in [-0.2, -0.15) is 0 Å². The summed E-state index contributed by atoms with van der Waals surface area (Å²) in [5, 5.41) is 0. The van der Waals surface area contributed by atoms with E-state index in [-0.39, 0.29) is 0 Å². The lowest BCUT2D eigenvalue weighted by Gasteiger charge is -2.02. The molecule has 0 spiro atoms. The highest BCUT2D eigenvalue weighted by Crippen LogP contribution is 2.38. The van der Waals surface area contributed by atoms with Crippen molar-refractivity contribution in [3.8, 4) is 11.3 Å². The molecule has 2 heteroatoms. The van der Waals surface area contributed by atoms with Crippen LogP contribution in [0.25, 0.3) is 11.3 Å². The number of rotatable bonds is 2. The third-order valence-corrected chi connectivity index (χ3v) is 3.12. The minimum atomic E-state index is 0.351. The number of hydrogen-bond acceptors (Lipinski definition) is 2. The van der Waals surface area contributed by atoms with Gasteiger partial charge in [0.15, 0.2) is 0 Å². The lowest BCUT2D eigenvalue weighted by molar-refractivity contribution is 0.981. The standard InChI is InChI=1S/C14H14N2/c15-13-8-12(13)11-6-7-14(16-9-11)10-4-2-1-3-5-10/h1-7,9,12-13H,8,15H2. The lowest BCUT2D eigenvalue weighted by atomic mass is 10.1. The summed E-state index contributed by atoms with van der Waals surface area (Å²) in [6.45, 7) is 0. The van der Waals surface area contributed by atoms with Crippen LogP contribution in [0.3, 0.4) is 0 Å². The molecule has 1 aliphatic carbocycles. The van der Waals surface area contributed by atoms with Crippen LogP contribution in [0.2, 0.25) is 0 Å². The van der Waals surface area contributed by atoms with Gasteiger partial charge in [0.1, 0.15) is 0 Å². The lowest BCUT2D eigenvalue weighted by Crippen LogP contribution is -2.01. The number of hydrogen-bond donors (Lipinski definition) is 1. The minimum absolute atomic E-state index is 0.351. The Labute approximate surface area is 95.1 Å². The largest absolute Gasteiger partial charge is 0.327 e. The van der Waals surface area contributed by atoms with E-state index in [1.165, 1.54) is 5.56 Å². The predicted octanol–water partition coefficient (Wildman–Crippen LogP) is 2.56. The maximum Gasteiger partial charge on any atom is 0.0702 e. The monoisotopic (exact) mass is 210 g/mol. The van der Waals surface area contributed by atoms with E-state index in [0.29, 0.717) is 12.0 Å². The van der Waals surface area contributed by atoms with Crippen molar-refractivity contribution in [3.63, 3.8) is 0 Å². The van der Waals surface area contributed by atoms with Crippen molar-refractivity contribution in [3.05, 3.63) is 54.2 Å². The SMILES string of the molecule is NC1CC1c1ccc(-c2ccccc2)nc1. The fraction of sp³-hybridized carbons (Fsp3) is 0.214. The number of pyridine rings is 1. The highest BCUT2D eigenvalue weighted by Gasteiger charge is 2.34. The predicted molar refractivity (Wildman–Crippen MR) is 65.0 cm³/mol. The molecule has 0 bridgehead atoms. The zero-order valence-corrected chi connectivity index (χ0v) is 9.01. The molecule has 0 saturated heterocycles. The van der Waals surface area contributed by atoms with Gasteiger partial charge in [0.2, 0.25) is 0 Å². The summed E-state index contributed by atoms with van der Waals surface area (Å²) in [4.78, 5) is 4.49. The van der Waals surface area contributed by atoms with Gasteiger partial charge in [0.05, 0.1) is 5.69 Å². The number of benzene rings is 1. The highest BCUT2D eigenvalue weighted by molar-refractivity contribution is 5.58. The maximum absolute atomic E-state index is 5.82. The Morgan fingerprint density at radius 1 is 1.06 bits per heavy atom. The van der Waals surface area contributed by atoms with Crippen molar-refractivity contribution >= 4 is 0 Å². The first-order chi connectivity index (χ1) is 7.84. The van der Waals surface area contributed by atoms with Crippen molar-refractivity contribution in [2.75, 3.05) is 0 Å². The second kappa shape index (κ2) is 3.72. The summed E-state index contributed by atoms with van der Waals surface area (Å²) >= 11 is 0. The van der Waals surface area contributed by atoms with E-state index in [4.69, 9.17) is 5.73 Å². The van der Waals surface area contributed by atoms with E-state index in [1.54, 1.807) is 0 Å². The Morgan fingerprint density at radius 3 is 2.38 bits per heavy atom. The first-order valence-corrected chi connectivity index (χ1v) is 5.61. The van der Waals surface area contributed by atoms with E-state index >= 15 is 0 Å². The van der Waals surface area contributed by atoms with E-state index in [9.17, 15) is 0 Å². The summed E-state index contributed by atoms with van der Waals surface area (Å²) in [7, 11) is 0. The summed E-state index contributed by atoms with van der Waals surface area (Å²) in [6.07, 6.45) is 3.06. The zero-order chi connectivity index (χ0) is 11.0. The van der Waals surface area contributed by atoms with Crippen LogP contribution in [-0.4, -0.2) is 11.0 Å². The van der Waals surface area contributed by atoms with Crippen LogP contribution in [0, 0.1) is 0 Å². The van der Waals surface area contributed by atoms with Crippen LogP contribution >= 0.6 is 0 Å². The normalized spacial score (nSPS) is 23.1. The molecule has 0 radical (unpaired) electrons. The Balaban J connectivity index is 1.88. The van der Waals surface area contributed by atoms with E-state index in [0.717, 1.165) is 17.7 Å². The zero-order valence-electron chi connectivity index (χ0n) is 9.01. The number of aromatic nitrogens is 1. The molecule has 2 N–H and O–H groups in total. The summed E-state index contributed by atoms with van der Waals surface area (Å²) in [6, 6.07) is 14.8. The molecular formula is C14H14N2. The van der Waals surface area contributed by atoms with Crippen molar-refractivity contribution in [2.45, 2.75) is 18.4 Å². The van der Waals surface area contributed by atoms with Crippen molar-refractivity contribution in [1.82, 2.24) is 4.98 Å². The van der Waals surface area contributed by atoms with Crippen LogP contribution in [0.1, 0.15) is 17.9 Å². The molecular weight excluding hydrogens is 196 g/mol. The number of nitrogens with two attached hydrogens (primary N) is 1. The van der Waals surface area contributed by atoms with Gasteiger partial charge < -0.3 is 5.73 Å². The van der Waals surface area contributed by atoms with Crippen LogP contribution in [0.5, 0.6) is 0 Å². The molecule has 1 heterocycles. The van der Waals surface area contributed by atoms with Gasteiger partial charge in [0, 0.05) is 23.7 Å². The minimum Gasteiger partial charge on any atom is -0.327 e. The second-order valence-electron chi connectivity index (χ2n) is 4.35. The average molecular weight is 210 g/mol. The molecule has 16 heavy (non-hydrogen) atoms. The average Bonchev–Trinajstić information content (AvgIpc) is 3.08. The Hall–Kier alpha value is -1.67. The van der Waals surface area contributed by atoms with Gasteiger partial charge in [-0.1, -0.05) is 36.4 Å². The third-order valence-electron chi connectivity index (χ3n) is 3.12. The van der Waals surface area contributed by atoms with Gasteiger partial charge in [-0.15, -0.1) is 0 Å². The fourth-order valence-corrected chi connectivity index (χ4v) is 2.00. The molecule has 3 rings (SSSR count). The molecule has 1 aromatic carbocycles. The molecule has 2 atom stereocenters. The van der Waals surface area contributed by atoms with Crippen LogP contribution in [0.4, 0.5) is 0 Å². The number of nitrogens with zero attached hydrogens (tertiary/aromatic N) is 1. The molecule has 80 valence electrons. The molecule has 1 saturated carbocycles. The van der Waals surface area contributed by atoms with Gasteiger partial charge in [0.25, 0.3) is 0 Å². The van der Waals surface area contributed by atoms with Gasteiger partial charge >= 0.3 is 0 Å². The van der Waals surface area contributed by atoms with Crippen LogP contribution in [0.15, 0.2) is 48.7 Å². The molecule has 2 unspecified atom stereocenters. The topological polar surface area (TPSA) is 38.9 Å². The van der Waals surface area contributed by atoms with Crippen molar-refractivity contribution in [2.24, 2.45) is 5.73 Å². The van der Waals surface area contributed by atoms with Gasteiger partial charge in [-0.25, -0.2) is 0 Å². The first kappa shape index (κ1) is 9.55. The quantitative estimate of drug-likeness (QED) is 0.827. The Morgan fingerprint density at radius 2 is 1.81 bits per heavy atom. The molecule has 0 aliphatic heterocycles. The van der Waals surface area contributed by atoms with Crippen molar-refractivity contribution in [1.29, 1.82) is 0 Å².